The maximum atomic E-state index is 12.6. The monoisotopic (exact) mass is 535 g/mol. The highest BCUT2D eigenvalue weighted by molar-refractivity contribution is 9.10. The molecule has 3 N–H and O–H groups in total. The highest BCUT2D eigenvalue weighted by Gasteiger charge is 2.58. The minimum Gasteiger partial charge on any atom is -0.444 e. The molecule has 2 saturated heterocycles. The molecule has 0 radical (unpaired) electrons. The Balaban J connectivity index is 1.41. The Hall–Kier alpha value is -3.07. The summed E-state index contributed by atoms with van der Waals surface area (Å²) in [6.07, 6.45) is 0.0933. The quantitative estimate of drug-likeness (QED) is 0.395. The topological polar surface area (TPSA) is 155 Å². The van der Waals surface area contributed by atoms with Crippen LogP contribution in [0.15, 0.2) is 33.9 Å². The van der Waals surface area contributed by atoms with Gasteiger partial charge < -0.3 is 23.9 Å². The SMILES string of the molecule is CCNC(=O)C1OC(n2cnc3c(NNC(=O)c4ccc(Br)o4)ncnc32)[C@@H]2OC(C)(C)OC12. The van der Waals surface area contributed by atoms with Crippen LogP contribution in [-0.4, -0.2) is 62.0 Å². The molecule has 0 bridgehead atoms. The van der Waals surface area contributed by atoms with Gasteiger partial charge in [0.2, 0.25) is 0 Å². The summed E-state index contributed by atoms with van der Waals surface area (Å²) in [6, 6.07) is 3.13. The van der Waals surface area contributed by atoms with Crippen molar-refractivity contribution in [1.29, 1.82) is 0 Å². The van der Waals surface area contributed by atoms with E-state index in [4.69, 9.17) is 18.6 Å². The van der Waals surface area contributed by atoms with E-state index in [1.165, 1.54) is 18.7 Å². The predicted molar refractivity (Wildman–Crippen MR) is 119 cm³/mol. The maximum Gasteiger partial charge on any atom is 0.305 e. The number of imidazole rings is 1. The number of rotatable bonds is 6. The average molecular weight is 536 g/mol. The smallest absolute Gasteiger partial charge is 0.305 e. The van der Waals surface area contributed by atoms with Gasteiger partial charge in [0.05, 0.1) is 6.33 Å². The number of aromatic nitrogens is 4. The van der Waals surface area contributed by atoms with E-state index >= 15 is 0 Å². The first-order valence-corrected chi connectivity index (χ1v) is 11.3. The minimum absolute atomic E-state index is 0.109. The van der Waals surface area contributed by atoms with Gasteiger partial charge in [-0.2, -0.15) is 0 Å². The molecular weight excluding hydrogens is 514 g/mol. The van der Waals surface area contributed by atoms with Crippen molar-refractivity contribution < 1.29 is 28.2 Å². The lowest BCUT2D eigenvalue weighted by molar-refractivity contribution is -0.197. The standard InChI is InChI=1S/C20H22BrN7O6/c1-4-22-18(30)13-12-14(34-20(2,3)33-12)19(32-13)28-8-25-11-15(23-7-24-16(11)28)26-27-17(29)9-5-6-10(21)31-9/h5-8,12-14,19H,4H2,1-3H3,(H,22,30)(H,27,29)(H,23,24,26)/t12?,13?,14-,19?/m1/s1. The maximum absolute atomic E-state index is 12.6. The van der Waals surface area contributed by atoms with Gasteiger partial charge in [0.15, 0.2) is 45.5 Å². The minimum atomic E-state index is -0.884. The molecule has 5 heterocycles. The Bertz CT molecular complexity index is 1240. The molecule has 2 fully saturated rings. The number of nitrogens with zero attached hydrogens (tertiary/aromatic N) is 4. The summed E-state index contributed by atoms with van der Waals surface area (Å²) in [7, 11) is 0. The summed E-state index contributed by atoms with van der Waals surface area (Å²) in [5, 5.41) is 2.77. The van der Waals surface area contributed by atoms with Gasteiger partial charge in [0.1, 0.15) is 18.5 Å². The summed E-state index contributed by atoms with van der Waals surface area (Å²) in [5.74, 6) is -1.29. The number of hydrogen-bond donors (Lipinski definition) is 3. The van der Waals surface area contributed by atoms with Crippen molar-refractivity contribution in [2.24, 2.45) is 0 Å². The third kappa shape index (κ3) is 4.02. The molecule has 13 nitrogen and oxygen atoms in total. The Morgan fingerprint density at radius 2 is 1.97 bits per heavy atom. The van der Waals surface area contributed by atoms with Crippen molar-refractivity contribution in [3.63, 3.8) is 0 Å². The van der Waals surface area contributed by atoms with Crippen LogP contribution in [0, 0.1) is 0 Å². The summed E-state index contributed by atoms with van der Waals surface area (Å²) >= 11 is 3.16. The number of hydrogen-bond acceptors (Lipinski definition) is 10. The second-order valence-electron chi connectivity index (χ2n) is 8.14. The lowest BCUT2D eigenvalue weighted by Gasteiger charge is -2.24. The molecule has 180 valence electrons. The Labute approximate surface area is 201 Å². The van der Waals surface area contributed by atoms with Crippen LogP contribution < -0.4 is 16.2 Å². The van der Waals surface area contributed by atoms with Gasteiger partial charge in [-0.3, -0.25) is 25.0 Å². The Morgan fingerprint density at radius 1 is 1.18 bits per heavy atom. The van der Waals surface area contributed by atoms with Crippen LogP contribution in [0.4, 0.5) is 5.82 Å². The van der Waals surface area contributed by atoms with E-state index in [0.29, 0.717) is 22.4 Å². The molecule has 5 rings (SSSR count). The lowest BCUT2D eigenvalue weighted by atomic mass is 10.1. The van der Waals surface area contributed by atoms with E-state index in [-0.39, 0.29) is 17.5 Å². The highest BCUT2D eigenvalue weighted by Crippen LogP contribution is 2.43. The zero-order valence-electron chi connectivity index (χ0n) is 18.4. The normalized spacial score (nSPS) is 25.3. The molecule has 14 heteroatoms. The Kier molecular flexibility index (Phi) is 5.75. The van der Waals surface area contributed by atoms with E-state index in [0.717, 1.165) is 0 Å². The van der Waals surface area contributed by atoms with E-state index in [1.807, 2.05) is 6.92 Å². The molecule has 3 aromatic rings. The predicted octanol–water partition coefficient (Wildman–Crippen LogP) is 1.49. The van der Waals surface area contributed by atoms with Crippen molar-refractivity contribution in [3.8, 4) is 0 Å². The fraction of sp³-hybridized carbons (Fsp3) is 0.450. The highest BCUT2D eigenvalue weighted by atomic mass is 79.9. The van der Waals surface area contributed by atoms with Crippen molar-refractivity contribution >= 4 is 44.7 Å². The molecule has 0 spiro atoms. The molecule has 4 atom stereocenters. The number of ether oxygens (including phenoxy) is 3. The first-order valence-electron chi connectivity index (χ1n) is 10.6. The molecule has 2 amide bonds. The van der Waals surface area contributed by atoms with Gasteiger partial charge in [-0.15, -0.1) is 0 Å². The number of hydrazine groups is 1. The van der Waals surface area contributed by atoms with E-state index in [2.05, 4.69) is 47.1 Å². The van der Waals surface area contributed by atoms with Gasteiger partial charge in [0, 0.05) is 6.54 Å². The second kappa shape index (κ2) is 8.61. The summed E-state index contributed by atoms with van der Waals surface area (Å²) in [4.78, 5) is 37.8. The third-order valence-electron chi connectivity index (χ3n) is 5.36. The average Bonchev–Trinajstić information content (AvgIpc) is 3.54. The number of anilines is 1. The number of nitrogens with one attached hydrogen (secondary N) is 3. The van der Waals surface area contributed by atoms with E-state index < -0.39 is 36.2 Å². The van der Waals surface area contributed by atoms with Crippen LogP contribution >= 0.6 is 15.9 Å². The number of halogens is 1. The van der Waals surface area contributed by atoms with Crippen LogP contribution in [0.3, 0.4) is 0 Å². The molecular formula is C20H22BrN7O6. The molecule has 0 aliphatic carbocycles. The molecule has 3 unspecified atom stereocenters. The molecule has 0 saturated carbocycles. The van der Waals surface area contributed by atoms with Crippen molar-refractivity contribution in [2.75, 3.05) is 12.0 Å². The Morgan fingerprint density at radius 3 is 2.71 bits per heavy atom. The van der Waals surface area contributed by atoms with Gasteiger partial charge in [0.25, 0.3) is 5.91 Å². The molecule has 2 aliphatic heterocycles. The summed E-state index contributed by atoms with van der Waals surface area (Å²) < 4.78 is 25.5. The van der Waals surface area contributed by atoms with Crippen LogP contribution in [0.2, 0.25) is 0 Å². The molecule has 2 aliphatic rings. The van der Waals surface area contributed by atoms with E-state index in [9.17, 15) is 9.59 Å². The van der Waals surface area contributed by atoms with Gasteiger partial charge in [-0.05, 0) is 48.8 Å². The lowest BCUT2D eigenvalue weighted by Crippen LogP contribution is -2.42. The fourth-order valence-electron chi connectivity index (χ4n) is 4.03. The van der Waals surface area contributed by atoms with Crippen LogP contribution in [0.5, 0.6) is 0 Å². The first kappa shape index (κ1) is 22.7. The summed E-state index contributed by atoms with van der Waals surface area (Å²) in [5.41, 5.74) is 6.05. The number of likely N-dealkylation sites (N-methyl/N-ethyl adjacent to an activating group) is 1. The van der Waals surface area contributed by atoms with Gasteiger partial charge >= 0.3 is 5.91 Å². The number of furan rings is 1. The van der Waals surface area contributed by atoms with E-state index in [1.54, 1.807) is 24.5 Å². The summed E-state index contributed by atoms with van der Waals surface area (Å²) in [6.45, 7) is 5.86. The van der Waals surface area contributed by atoms with Crippen molar-refractivity contribution in [3.05, 3.63) is 35.2 Å². The number of amides is 2. The van der Waals surface area contributed by atoms with Gasteiger partial charge in [-0.1, -0.05) is 0 Å². The fourth-order valence-corrected chi connectivity index (χ4v) is 4.34. The zero-order chi connectivity index (χ0) is 24.0. The molecule has 3 aromatic heterocycles. The van der Waals surface area contributed by atoms with Crippen LogP contribution in [0.25, 0.3) is 11.2 Å². The number of carbonyl (C=O) groups is 2. The van der Waals surface area contributed by atoms with Crippen LogP contribution in [-0.2, 0) is 19.0 Å². The second-order valence-corrected chi connectivity index (χ2v) is 8.92. The van der Waals surface area contributed by atoms with Crippen molar-refractivity contribution in [2.45, 2.75) is 51.1 Å². The van der Waals surface area contributed by atoms with Gasteiger partial charge in [-0.25, -0.2) is 15.0 Å². The molecule has 34 heavy (non-hydrogen) atoms. The number of carbonyl (C=O) groups excluding carboxylic acids is 2. The van der Waals surface area contributed by atoms with Crippen LogP contribution in [0.1, 0.15) is 37.6 Å². The zero-order valence-corrected chi connectivity index (χ0v) is 20.0. The first-order chi connectivity index (χ1) is 16.3. The largest absolute Gasteiger partial charge is 0.444 e. The number of fused-ring (bicyclic) bond motifs is 2. The third-order valence-corrected chi connectivity index (χ3v) is 5.79. The molecule has 0 aromatic carbocycles. The van der Waals surface area contributed by atoms with Crippen molar-refractivity contribution in [1.82, 2.24) is 30.3 Å².